The summed E-state index contributed by atoms with van der Waals surface area (Å²) < 4.78 is 45.1. The van der Waals surface area contributed by atoms with Crippen LogP contribution in [0.1, 0.15) is 33.6 Å². The van der Waals surface area contributed by atoms with Crippen molar-refractivity contribution >= 4 is 17.7 Å². The zero-order chi connectivity index (χ0) is 18.8. The monoisotopic (exact) mass is 358 g/mol. The summed E-state index contributed by atoms with van der Waals surface area (Å²) in [6.07, 6.45) is 0.553. The van der Waals surface area contributed by atoms with Gasteiger partial charge in [0.25, 0.3) is 0 Å². The third-order valence-corrected chi connectivity index (χ3v) is 3.74. The van der Waals surface area contributed by atoms with Crippen molar-refractivity contribution < 1.29 is 27.5 Å². The second-order valence-electron chi connectivity index (χ2n) is 6.98. The fourth-order valence-electron chi connectivity index (χ4n) is 2.54. The Morgan fingerprint density at radius 2 is 1.88 bits per heavy atom. The van der Waals surface area contributed by atoms with Gasteiger partial charge in [0.15, 0.2) is 17.5 Å². The molecule has 138 valence electrons. The maximum absolute atomic E-state index is 13.7. The van der Waals surface area contributed by atoms with Gasteiger partial charge in [-0.25, -0.2) is 18.0 Å². The van der Waals surface area contributed by atoms with Gasteiger partial charge in [-0.1, -0.05) is 0 Å². The lowest BCUT2D eigenvalue weighted by atomic mass is 9.97. The molecule has 25 heavy (non-hydrogen) atoms. The summed E-state index contributed by atoms with van der Waals surface area (Å²) in [5.41, 5.74) is -1.08. The lowest BCUT2D eigenvalue weighted by Gasteiger charge is -2.33. The van der Waals surface area contributed by atoms with E-state index in [1.165, 1.54) is 4.90 Å². The van der Waals surface area contributed by atoms with Crippen LogP contribution in [0.4, 0.5) is 23.7 Å². The van der Waals surface area contributed by atoms with E-state index in [4.69, 9.17) is 4.74 Å². The number of likely N-dealkylation sites (tertiary alicyclic amines) is 1. The van der Waals surface area contributed by atoms with Gasteiger partial charge in [-0.2, -0.15) is 0 Å². The van der Waals surface area contributed by atoms with E-state index < -0.39 is 46.7 Å². The molecule has 0 radical (unpaired) electrons. The quantitative estimate of drug-likeness (QED) is 0.821. The Bertz CT molecular complexity index is 674. The number of halogens is 3. The molecule has 0 aliphatic carbocycles. The molecular weight excluding hydrogens is 337 g/mol. The van der Waals surface area contributed by atoms with Crippen LogP contribution in [0.3, 0.4) is 0 Å². The average molecular weight is 358 g/mol. The van der Waals surface area contributed by atoms with Crippen LogP contribution in [0.25, 0.3) is 0 Å². The van der Waals surface area contributed by atoms with E-state index in [1.54, 1.807) is 20.8 Å². The molecular formula is C17H21F3N2O3. The minimum Gasteiger partial charge on any atom is -0.444 e. The van der Waals surface area contributed by atoms with E-state index in [9.17, 15) is 22.8 Å². The van der Waals surface area contributed by atoms with Crippen molar-refractivity contribution in [2.24, 2.45) is 5.92 Å². The van der Waals surface area contributed by atoms with E-state index in [2.05, 4.69) is 5.32 Å². The third-order valence-electron chi connectivity index (χ3n) is 3.74. The number of piperidine rings is 1. The number of amides is 2. The fraction of sp³-hybridized carbons (Fsp3) is 0.529. The van der Waals surface area contributed by atoms with Crippen molar-refractivity contribution in [2.45, 2.75) is 39.2 Å². The van der Waals surface area contributed by atoms with E-state index >= 15 is 0 Å². The molecule has 2 amide bonds. The highest BCUT2D eigenvalue weighted by atomic mass is 19.2. The molecule has 1 fully saturated rings. The Morgan fingerprint density at radius 1 is 1.20 bits per heavy atom. The Hall–Kier alpha value is -2.25. The maximum Gasteiger partial charge on any atom is 0.410 e. The summed E-state index contributed by atoms with van der Waals surface area (Å²) >= 11 is 0. The summed E-state index contributed by atoms with van der Waals surface area (Å²) in [6.45, 7) is 5.80. The van der Waals surface area contributed by atoms with Gasteiger partial charge in [-0.3, -0.25) is 4.79 Å². The summed E-state index contributed by atoms with van der Waals surface area (Å²) in [6, 6.07) is 1.70. The maximum atomic E-state index is 13.7. The first-order chi connectivity index (χ1) is 11.6. The van der Waals surface area contributed by atoms with Crippen molar-refractivity contribution in [1.29, 1.82) is 0 Å². The molecule has 1 aliphatic rings. The number of ether oxygens (including phenoxy) is 1. The summed E-state index contributed by atoms with van der Waals surface area (Å²) in [5.74, 6) is -5.57. The first-order valence-electron chi connectivity index (χ1n) is 8.01. The average Bonchev–Trinajstić information content (AvgIpc) is 2.54. The number of nitrogens with one attached hydrogen (secondary N) is 1. The minimum absolute atomic E-state index is 0.117. The molecule has 1 heterocycles. The number of carbonyl (C=O) groups excluding carboxylic acids is 2. The Labute approximate surface area is 144 Å². The summed E-state index contributed by atoms with van der Waals surface area (Å²) in [5, 5.41) is 2.26. The van der Waals surface area contributed by atoms with Crippen molar-refractivity contribution in [3.05, 3.63) is 29.6 Å². The number of rotatable bonds is 2. The Balaban J connectivity index is 2.02. The molecule has 8 heteroatoms. The highest BCUT2D eigenvalue weighted by Crippen LogP contribution is 2.23. The van der Waals surface area contributed by atoms with E-state index in [1.807, 2.05) is 0 Å². The first kappa shape index (κ1) is 19.1. The molecule has 0 aromatic heterocycles. The Morgan fingerprint density at radius 3 is 2.52 bits per heavy atom. The zero-order valence-corrected chi connectivity index (χ0v) is 14.4. The highest BCUT2D eigenvalue weighted by Gasteiger charge is 2.31. The molecule has 2 rings (SSSR count). The SMILES string of the molecule is CC(C)(C)OC(=O)N1CCCC(C(=O)Nc2ccc(F)c(F)c2F)C1. The van der Waals surface area contributed by atoms with Gasteiger partial charge in [0, 0.05) is 13.1 Å². The van der Waals surface area contributed by atoms with Crippen molar-refractivity contribution in [3.63, 3.8) is 0 Å². The smallest absolute Gasteiger partial charge is 0.410 e. The molecule has 1 aromatic rings. The van der Waals surface area contributed by atoms with E-state index in [0.717, 1.165) is 12.1 Å². The van der Waals surface area contributed by atoms with Gasteiger partial charge in [-0.05, 0) is 45.7 Å². The lowest BCUT2D eigenvalue weighted by Crippen LogP contribution is -2.45. The number of carbonyl (C=O) groups is 2. The molecule has 1 atom stereocenters. The second kappa shape index (κ2) is 7.33. The van der Waals surface area contributed by atoms with Gasteiger partial charge in [0.2, 0.25) is 5.91 Å². The van der Waals surface area contributed by atoms with Crippen LogP contribution in [0.5, 0.6) is 0 Å². The van der Waals surface area contributed by atoms with Crippen LogP contribution in [-0.4, -0.2) is 35.6 Å². The number of benzene rings is 1. The molecule has 5 nitrogen and oxygen atoms in total. The summed E-state index contributed by atoms with van der Waals surface area (Å²) in [7, 11) is 0. The molecule has 1 aliphatic heterocycles. The number of anilines is 1. The van der Waals surface area contributed by atoms with Crippen LogP contribution in [-0.2, 0) is 9.53 Å². The van der Waals surface area contributed by atoms with Gasteiger partial charge in [0.05, 0.1) is 11.6 Å². The van der Waals surface area contributed by atoms with Crippen LogP contribution >= 0.6 is 0 Å². The summed E-state index contributed by atoms with van der Waals surface area (Å²) in [4.78, 5) is 25.8. The largest absolute Gasteiger partial charge is 0.444 e. The predicted molar refractivity (Wildman–Crippen MR) is 85.5 cm³/mol. The van der Waals surface area contributed by atoms with Crippen LogP contribution < -0.4 is 5.32 Å². The van der Waals surface area contributed by atoms with Gasteiger partial charge in [-0.15, -0.1) is 0 Å². The van der Waals surface area contributed by atoms with Gasteiger partial charge in [0.1, 0.15) is 5.60 Å². The number of hydrogen-bond donors (Lipinski definition) is 1. The molecule has 0 bridgehead atoms. The molecule has 1 aromatic carbocycles. The number of hydrogen-bond acceptors (Lipinski definition) is 3. The molecule has 1 saturated heterocycles. The molecule has 0 spiro atoms. The van der Waals surface area contributed by atoms with Gasteiger partial charge < -0.3 is 15.0 Å². The Kier molecular flexibility index (Phi) is 5.59. The van der Waals surface area contributed by atoms with Crippen LogP contribution in [0.15, 0.2) is 12.1 Å². The predicted octanol–water partition coefficient (Wildman–Crippen LogP) is 3.69. The zero-order valence-electron chi connectivity index (χ0n) is 14.4. The standard InChI is InChI=1S/C17H21F3N2O3/c1-17(2,3)25-16(24)22-8-4-5-10(9-22)15(23)21-12-7-6-11(18)13(19)14(12)20/h6-7,10H,4-5,8-9H2,1-3H3,(H,21,23). The second-order valence-corrected chi connectivity index (χ2v) is 6.98. The molecule has 1 N–H and O–H groups in total. The normalized spacial score (nSPS) is 18.0. The van der Waals surface area contributed by atoms with E-state index in [-0.39, 0.29) is 6.54 Å². The molecule has 0 saturated carbocycles. The minimum atomic E-state index is -1.64. The highest BCUT2D eigenvalue weighted by molar-refractivity contribution is 5.93. The fourth-order valence-corrected chi connectivity index (χ4v) is 2.54. The topological polar surface area (TPSA) is 58.6 Å². The van der Waals surface area contributed by atoms with Crippen molar-refractivity contribution in [1.82, 2.24) is 4.90 Å². The first-order valence-corrected chi connectivity index (χ1v) is 8.01. The van der Waals surface area contributed by atoms with Crippen molar-refractivity contribution in [2.75, 3.05) is 18.4 Å². The van der Waals surface area contributed by atoms with Gasteiger partial charge >= 0.3 is 6.09 Å². The van der Waals surface area contributed by atoms with Crippen molar-refractivity contribution in [3.8, 4) is 0 Å². The van der Waals surface area contributed by atoms with Crippen LogP contribution in [0.2, 0.25) is 0 Å². The lowest BCUT2D eigenvalue weighted by molar-refractivity contribution is -0.121. The van der Waals surface area contributed by atoms with Crippen LogP contribution in [0, 0.1) is 23.4 Å². The third kappa shape index (κ3) is 4.87. The van der Waals surface area contributed by atoms with E-state index in [0.29, 0.717) is 19.4 Å². The number of nitrogens with zero attached hydrogens (tertiary/aromatic N) is 1. The molecule has 1 unspecified atom stereocenters.